The molecule has 6 rings (SSSR count). The number of carbonyl (C=O) groups excluding carboxylic acids is 1. The molecule has 0 radical (unpaired) electrons. The van der Waals surface area contributed by atoms with Gasteiger partial charge in [0.1, 0.15) is 0 Å². The molecular weight excluding hydrogens is 380 g/mol. The second-order valence-corrected chi connectivity index (χ2v) is 10.7. The molecule has 5 nitrogen and oxygen atoms in total. The van der Waals surface area contributed by atoms with Crippen LogP contribution in [0.2, 0.25) is 0 Å². The summed E-state index contributed by atoms with van der Waals surface area (Å²) in [6.45, 7) is 2.83. The van der Waals surface area contributed by atoms with Gasteiger partial charge in [-0.15, -0.1) is 22.9 Å². The monoisotopic (exact) mass is 404 g/mol. The third kappa shape index (κ3) is 3.21. The highest BCUT2D eigenvalue weighted by Gasteiger charge is 2.60. The fourth-order valence-corrected chi connectivity index (χ4v) is 7.48. The van der Waals surface area contributed by atoms with Crippen LogP contribution >= 0.6 is 22.9 Å². The second-order valence-electron chi connectivity index (χ2n) is 8.95. The average molecular weight is 405 g/mol. The number of nitrogens with one attached hydrogen (secondary N) is 1. The van der Waals surface area contributed by atoms with E-state index in [-0.39, 0.29) is 16.2 Å². The molecule has 4 aliphatic carbocycles. The number of aryl methyl sites for hydroxylation is 3. The standard InChI is InChI=1S/C20H25ClN4OS/c1-13-17(27-12-22-13)2-3-25-10-16(9-23-25)24-18(26)19-5-14-4-15(6-19)8-20(21,7-14)11-19/h9-10,12,14-15H,2-8,11H2,1H3,(H,24,26). The van der Waals surface area contributed by atoms with E-state index < -0.39 is 0 Å². The quantitative estimate of drug-likeness (QED) is 0.751. The first-order chi connectivity index (χ1) is 12.9. The van der Waals surface area contributed by atoms with Gasteiger partial charge in [0.15, 0.2) is 0 Å². The lowest BCUT2D eigenvalue weighted by Gasteiger charge is -2.59. The normalized spacial score (nSPS) is 34.1. The fraction of sp³-hybridized carbons (Fsp3) is 0.650. The van der Waals surface area contributed by atoms with E-state index in [4.69, 9.17) is 11.6 Å². The van der Waals surface area contributed by atoms with Crippen molar-refractivity contribution in [3.05, 3.63) is 28.5 Å². The van der Waals surface area contributed by atoms with Gasteiger partial charge in [0.25, 0.3) is 0 Å². The predicted molar refractivity (Wildman–Crippen MR) is 107 cm³/mol. The summed E-state index contributed by atoms with van der Waals surface area (Å²) < 4.78 is 1.90. The maximum Gasteiger partial charge on any atom is 0.230 e. The number of anilines is 1. The highest BCUT2D eigenvalue weighted by atomic mass is 35.5. The largest absolute Gasteiger partial charge is 0.323 e. The predicted octanol–water partition coefficient (Wildman–Crippen LogP) is 4.41. The minimum absolute atomic E-state index is 0.141. The first kappa shape index (κ1) is 17.7. The van der Waals surface area contributed by atoms with E-state index >= 15 is 0 Å². The van der Waals surface area contributed by atoms with Crippen LogP contribution in [0.4, 0.5) is 5.69 Å². The average Bonchev–Trinajstić information content (AvgIpc) is 3.19. The lowest BCUT2D eigenvalue weighted by molar-refractivity contribution is -0.138. The van der Waals surface area contributed by atoms with Gasteiger partial charge in [-0.3, -0.25) is 9.48 Å². The molecule has 0 aliphatic heterocycles. The zero-order valence-electron chi connectivity index (χ0n) is 15.6. The second kappa shape index (κ2) is 6.31. The topological polar surface area (TPSA) is 59.8 Å². The molecule has 144 valence electrons. The number of thiazole rings is 1. The van der Waals surface area contributed by atoms with Crippen molar-refractivity contribution in [3.8, 4) is 0 Å². The molecule has 2 heterocycles. The third-order valence-electron chi connectivity index (χ3n) is 6.78. The van der Waals surface area contributed by atoms with Crippen molar-refractivity contribution < 1.29 is 4.79 Å². The van der Waals surface area contributed by atoms with Crippen molar-refractivity contribution in [1.29, 1.82) is 0 Å². The van der Waals surface area contributed by atoms with Gasteiger partial charge in [0.2, 0.25) is 5.91 Å². The molecular formula is C20H25ClN4OS. The molecule has 0 spiro atoms. The van der Waals surface area contributed by atoms with Crippen LogP contribution in [-0.2, 0) is 17.8 Å². The van der Waals surface area contributed by atoms with Crippen LogP contribution < -0.4 is 5.32 Å². The first-order valence-electron chi connectivity index (χ1n) is 9.85. The SMILES string of the molecule is Cc1ncsc1CCn1cc(NC(=O)C23CC4CC(CC(Cl)(C4)C2)C3)cn1. The maximum atomic E-state index is 13.2. The van der Waals surface area contributed by atoms with Gasteiger partial charge in [-0.1, -0.05) is 0 Å². The zero-order valence-corrected chi connectivity index (χ0v) is 17.2. The number of alkyl halides is 1. The lowest BCUT2D eigenvalue weighted by atomic mass is 9.49. The number of nitrogens with zero attached hydrogens (tertiary/aromatic N) is 3. The highest BCUT2D eigenvalue weighted by Crippen LogP contribution is 2.64. The minimum atomic E-state index is -0.270. The molecule has 2 unspecified atom stereocenters. The van der Waals surface area contributed by atoms with Crippen molar-refractivity contribution in [2.75, 3.05) is 5.32 Å². The summed E-state index contributed by atoms with van der Waals surface area (Å²) in [6, 6.07) is 0. The Kier molecular flexibility index (Phi) is 4.13. The van der Waals surface area contributed by atoms with Crippen molar-refractivity contribution in [1.82, 2.24) is 14.8 Å². The number of carbonyl (C=O) groups is 1. The molecule has 4 fully saturated rings. The van der Waals surface area contributed by atoms with Crippen molar-refractivity contribution in [2.24, 2.45) is 17.3 Å². The Labute approximate surface area is 168 Å². The highest BCUT2D eigenvalue weighted by molar-refractivity contribution is 7.09. The molecule has 1 amide bonds. The van der Waals surface area contributed by atoms with Crippen LogP contribution in [0, 0.1) is 24.2 Å². The smallest absolute Gasteiger partial charge is 0.230 e. The molecule has 1 N–H and O–H groups in total. The number of hydrogen-bond donors (Lipinski definition) is 1. The maximum absolute atomic E-state index is 13.2. The van der Waals surface area contributed by atoms with E-state index in [0.717, 1.165) is 56.5 Å². The molecule has 2 atom stereocenters. The van der Waals surface area contributed by atoms with E-state index in [9.17, 15) is 4.79 Å². The minimum Gasteiger partial charge on any atom is -0.323 e. The van der Waals surface area contributed by atoms with Crippen LogP contribution in [0.3, 0.4) is 0 Å². The number of rotatable bonds is 5. The van der Waals surface area contributed by atoms with E-state index in [1.807, 2.05) is 23.3 Å². The third-order valence-corrected chi connectivity index (χ3v) is 8.21. The summed E-state index contributed by atoms with van der Waals surface area (Å²) in [5.41, 5.74) is 3.50. The molecule has 4 bridgehead atoms. The van der Waals surface area contributed by atoms with Gasteiger partial charge in [-0.25, -0.2) is 4.98 Å². The summed E-state index contributed by atoms with van der Waals surface area (Å²) in [4.78, 5) is 18.6. The molecule has 27 heavy (non-hydrogen) atoms. The lowest BCUT2D eigenvalue weighted by Crippen LogP contribution is -2.57. The van der Waals surface area contributed by atoms with E-state index in [1.54, 1.807) is 17.5 Å². The summed E-state index contributed by atoms with van der Waals surface area (Å²) in [6.07, 6.45) is 10.9. The molecule has 2 aromatic heterocycles. The first-order valence-corrected chi connectivity index (χ1v) is 11.1. The van der Waals surface area contributed by atoms with Crippen LogP contribution in [-0.4, -0.2) is 25.5 Å². The molecule has 4 aliphatic rings. The Morgan fingerprint density at radius 1 is 1.37 bits per heavy atom. The summed E-state index contributed by atoms with van der Waals surface area (Å²) in [5, 5.41) is 7.57. The Morgan fingerprint density at radius 3 is 2.81 bits per heavy atom. The van der Waals surface area contributed by atoms with Crippen molar-refractivity contribution in [3.63, 3.8) is 0 Å². The van der Waals surface area contributed by atoms with Gasteiger partial charge in [0.05, 0.1) is 28.5 Å². The summed E-state index contributed by atoms with van der Waals surface area (Å²) in [7, 11) is 0. The van der Waals surface area contributed by atoms with Gasteiger partial charge in [0, 0.05) is 28.9 Å². The van der Waals surface area contributed by atoms with Crippen molar-refractivity contribution in [2.45, 2.75) is 63.3 Å². The molecule has 0 aromatic carbocycles. The van der Waals surface area contributed by atoms with Crippen LogP contribution in [0.1, 0.15) is 49.1 Å². The summed E-state index contributed by atoms with van der Waals surface area (Å²) >= 11 is 8.56. The Morgan fingerprint density at radius 2 is 2.15 bits per heavy atom. The molecule has 0 saturated heterocycles. The van der Waals surface area contributed by atoms with Crippen LogP contribution in [0.25, 0.3) is 0 Å². The number of hydrogen-bond acceptors (Lipinski definition) is 4. The van der Waals surface area contributed by atoms with Crippen molar-refractivity contribution >= 4 is 34.5 Å². The van der Waals surface area contributed by atoms with E-state index in [1.165, 1.54) is 11.3 Å². The van der Waals surface area contributed by atoms with Gasteiger partial charge in [-0.2, -0.15) is 5.10 Å². The van der Waals surface area contributed by atoms with Gasteiger partial charge in [-0.05, 0) is 57.3 Å². The molecule has 4 saturated carbocycles. The number of aromatic nitrogens is 3. The number of halogens is 1. The summed E-state index contributed by atoms with van der Waals surface area (Å²) in [5.74, 6) is 1.40. The van der Waals surface area contributed by atoms with Crippen LogP contribution in [0.15, 0.2) is 17.9 Å². The molecule has 7 heteroatoms. The Hall–Kier alpha value is -1.40. The van der Waals surface area contributed by atoms with Gasteiger partial charge < -0.3 is 5.32 Å². The van der Waals surface area contributed by atoms with Crippen LogP contribution in [0.5, 0.6) is 0 Å². The number of amides is 1. The Bertz CT molecular complexity index is 861. The Balaban J connectivity index is 1.25. The fourth-order valence-electron chi connectivity index (χ4n) is 6.01. The molecule has 2 aromatic rings. The zero-order chi connectivity index (χ0) is 18.6. The van der Waals surface area contributed by atoms with E-state index in [0.29, 0.717) is 11.8 Å². The van der Waals surface area contributed by atoms with Gasteiger partial charge >= 0.3 is 0 Å². The van der Waals surface area contributed by atoms with E-state index in [2.05, 4.69) is 15.4 Å².